The van der Waals surface area contributed by atoms with Gasteiger partial charge in [-0.3, -0.25) is 19.7 Å². The second-order valence-corrected chi connectivity index (χ2v) is 14.0. The van der Waals surface area contributed by atoms with Gasteiger partial charge in [-0.25, -0.2) is 9.78 Å². The summed E-state index contributed by atoms with van der Waals surface area (Å²) in [6.07, 6.45) is 9.80. The summed E-state index contributed by atoms with van der Waals surface area (Å²) < 4.78 is 13.4. The van der Waals surface area contributed by atoms with Gasteiger partial charge >= 0.3 is 6.09 Å². The van der Waals surface area contributed by atoms with Crippen molar-refractivity contribution < 1.29 is 28.7 Å². The number of anilines is 3. The Balaban J connectivity index is 1.23. The molecule has 0 saturated carbocycles. The van der Waals surface area contributed by atoms with E-state index >= 15 is 0 Å². The predicted octanol–water partition coefficient (Wildman–Crippen LogP) is 5.74. The number of aromatic nitrogens is 2. The van der Waals surface area contributed by atoms with Crippen LogP contribution in [0, 0.1) is 18.3 Å². The van der Waals surface area contributed by atoms with Gasteiger partial charge in [0, 0.05) is 41.8 Å². The van der Waals surface area contributed by atoms with Gasteiger partial charge < -0.3 is 41.0 Å². The van der Waals surface area contributed by atoms with E-state index in [0.717, 1.165) is 53.3 Å². The molecule has 2 heterocycles. The Kier molecular flexibility index (Phi) is 14.5. The van der Waals surface area contributed by atoms with Gasteiger partial charge in [-0.2, -0.15) is 0 Å². The fraction of sp³-hybridized carbons (Fsp3) is 0.326. The summed E-state index contributed by atoms with van der Waals surface area (Å²) >= 11 is 0. The zero-order valence-electron chi connectivity index (χ0n) is 32.7. The quantitative estimate of drug-likeness (QED) is 0.0416. The molecular weight excluding hydrogens is 725 g/mol. The number of amides is 4. The first-order valence-electron chi connectivity index (χ1n) is 18.9. The maximum Gasteiger partial charge on any atom is 0.411 e. The number of hydrogen-bond acceptors (Lipinski definition) is 9. The summed E-state index contributed by atoms with van der Waals surface area (Å²) in [5, 5.41) is 14.0. The van der Waals surface area contributed by atoms with Crippen molar-refractivity contribution in [2.75, 3.05) is 22.6 Å². The monoisotopic (exact) mass is 774 g/mol. The molecule has 0 fully saturated rings. The van der Waals surface area contributed by atoms with Crippen molar-refractivity contribution in [3.63, 3.8) is 0 Å². The molecule has 0 saturated heterocycles. The van der Waals surface area contributed by atoms with Crippen LogP contribution < -0.4 is 32.3 Å². The van der Waals surface area contributed by atoms with Crippen LogP contribution in [0.25, 0.3) is 17.0 Å². The van der Waals surface area contributed by atoms with E-state index in [2.05, 4.69) is 50.1 Å². The van der Waals surface area contributed by atoms with Crippen LogP contribution >= 0.6 is 0 Å². The second kappa shape index (κ2) is 19.8. The number of imidazole rings is 1. The molecule has 7 N–H and O–H groups in total. The lowest BCUT2D eigenvalue weighted by Crippen LogP contribution is -2.52. The van der Waals surface area contributed by atoms with Crippen LogP contribution in [0.15, 0.2) is 72.9 Å². The average molecular weight is 775 g/mol. The van der Waals surface area contributed by atoms with E-state index in [-0.39, 0.29) is 25.7 Å². The third kappa shape index (κ3) is 10.8. The molecule has 0 bridgehead atoms. The number of fused-ring (bicyclic) bond motifs is 3. The fourth-order valence-corrected chi connectivity index (χ4v) is 6.34. The van der Waals surface area contributed by atoms with Crippen LogP contribution in [0.2, 0.25) is 0 Å². The van der Waals surface area contributed by atoms with Crippen molar-refractivity contribution in [3.8, 4) is 23.6 Å². The molecule has 4 aromatic rings. The molecule has 4 amide bonds. The number of rotatable bonds is 18. The first-order chi connectivity index (χ1) is 27.5. The summed E-state index contributed by atoms with van der Waals surface area (Å²) in [6, 6.07) is 19.0. The molecule has 14 nitrogen and oxygen atoms in total. The molecule has 57 heavy (non-hydrogen) atoms. The lowest BCUT2D eigenvalue weighted by atomic mass is 10.0. The first kappa shape index (κ1) is 41.6. The van der Waals surface area contributed by atoms with Gasteiger partial charge in [0.2, 0.25) is 18.2 Å². The minimum atomic E-state index is -0.898. The van der Waals surface area contributed by atoms with Crippen LogP contribution in [0.3, 0.4) is 0 Å². The summed E-state index contributed by atoms with van der Waals surface area (Å²) in [7, 11) is 0. The number of unbranched alkanes of at least 4 members (excludes halogenated alkanes) is 1. The highest BCUT2D eigenvalue weighted by Crippen LogP contribution is 2.37. The molecule has 1 unspecified atom stereocenters. The summed E-state index contributed by atoms with van der Waals surface area (Å²) in [6.45, 7) is 7.90. The van der Waals surface area contributed by atoms with Gasteiger partial charge in [0.05, 0.1) is 18.0 Å². The summed E-state index contributed by atoms with van der Waals surface area (Å²) in [5.41, 5.74) is 14.0. The predicted molar refractivity (Wildman–Crippen MR) is 220 cm³/mol. The molecule has 0 aliphatic carbocycles. The normalized spacial score (nSPS) is 12.7. The highest BCUT2D eigenvalue weighted by atomic mass is 16.5. The Morgan fingerprint density at radius 2 is 1.74 bits per heavy atom. The third-order valence-electron chi connectivity index (χ3n) is 9.40. The molecule has 3 aromatic carbocycles. The number of aryl methyl sites for hydroxylation is 1. The number of nitrogens with two attached hydrogens (primary N) is 1. The van der Waals surface area contributed by atoms with E-state index in [1.54, 1.807) is 45.2 Å². The zero-order chi connectivity index (χ0) is 40.9. The summed E-state index contributed by atoms with van der Waals surface area (Å²) in [5.74, 6) is 2.26. The van der Waals surface area contributed by atoms with Gasteiger partial charge in [0.1, 0.15) is 36.8 Å². The minimum absolute atomic E-state index is 0.0568. The van der Waals surface area contributed by atoms with E-state index in [1.165, 1.54) is 0 Å². The van der Waals surface area contributed by atoms with Crippen molar-refractivity contribution >= 4 is 47.1 Å². The molecule has 0 spiro atoms. The molecular formula is C43H50N8O6. The average Bonchev–Trinajstić information content (AvgIpc) is 3.48. The Morgan fingerprint density at radius 1 is 0.982 bits per heavy atom. The second-order valence-electron chi connectivity index (χ2n) is 14.0. The van der Waals surface area contributed by atoms with Crippen molar-refractivity contribution in [1.82, 2.24) is 20.2 Å². The third-order valence-corrected chi connectivity index (χ3v) is 9.40. The SMILES string of the molecule is C#CCOCc1cc(NC(=O)[C@H](C)NC(=O)C(NC=O)C(C)C)ccc1COC(=O)Nc1ccc(Cn2c(CCCC)nc3c2-c2ccccc2NC=C3N)cc1. The van der Waals surface area contributed by atoms with E-state index in [1.807, 2.05) is 42.5 Å². The van der Waals surface area contributed by atoms with Gasteiger partial charge in [0.15, 0.2) is 0 Å². The van der Waals surface area contributed by atoms with Crippen LogP contribution in [0.1, 0.15) is 68.7 Å². The molecule has 298 valence electrons. The largest absolute Gasteiger partial charge is 0.444 e. The van der Waals surface area contributed by atoms with Crippen molar-refractivity contribution in [1.29, 1.82) is 0 Å². The Bertz CT molecular complexity index is 2140. The van der Waals surface area contributed by atoms with E-state index < -0.39 is 30.0 Å². The minimum Gasteiger partial charge on any atom is -0.444 e. The molecule has 14 heteroatoms. The maximum atomic E-state index is 13.0. The van der Waals surface area contributed by atoms with Gasteiger partial charge in [-0.1, -0.05) is 69.5 Å². The number of nitrogens with zero attached hydrogens (tertiary/aromatic N) is 2. The topological polar surface area (TPSA) is 191 Å². The van der Waals surface area contributed by atoms with Crippen LogP contribution in [-0.2, 0) is 50.0 Å². The van der Waals surface area contributed by atoms with Crippen LogP contribution in [-0.4, -0.2) is 52.6 Å². The number of benzene rings is 3. The summed E-state index contributed by atoms with van der Waals surface area (Å²) in [4.78, 5) is 54.5. The lowest BCUT2D eigenvalue weighted by molar-refractivity contribution is -0.129. The number of ether oxygens (including phenoxy) is 2. The molecule has 2 atom stereocenters. The Hall–Kier alpha value is -6.59. The van der Waals surface area contributed by atoms with E-state index in [0.29, 0.717) is 41.2 Å². The number of terminal acetylenes is 1. The van der Waals surface area contributed by atoms with Crippen molar-refractivity contribution in [2.45, 2.75) is 78.8 Å². The van der Waals surface area contributed by atoms with Crippen molar-refractivity contribution in [2.24, 2.45) is 11.7 Å². The van der Waals surface area contributed by atoms with Gasteiger partial charge in [-0.05, 0) is 66.3 Å². The Labute approximate surface area is 333 Å². The number of nitrogens with one attached hydrogen (secondary N) is 5. The zero-order valence-corrected chi connectivity index (χ0v) is 32.7. The van der Waals surface area contributed by atoms with Crippen molar-refractivity contribution in [3.05, 3.63) is 101 Å². The molecule has 1 aromatic heterocycles. The molecule has 1 aliphatic rings. The highest BCUT2D eigenvalue weighted by Gasteiger charge is 2.26. The maximum absolute atomic E-state index is 13.0. The molecule has 0 radical (unpaired) electrons. The van der Waals surface area contributed by atoms with E-state index in [9.17, 15) is 19.2 Å². The number of hydrogen-bond donors (Lipinski definition) is 6. The van der Waals surface area contributed by atoms with Crippen LogP contribution in [0.5, 0.6) is 0 Å². The Morgan fingerprint density at radius 3 is 2.46 bits per heavy atom. The molecule has 5 rings (SSSR count). The van der Waals surface area contributed by atoms with Crippen LogP contribution in [0.4, 0.5) is 21.9 Å². The van der Waals surface area contributed by atoms with Gasteiger partial charge in [0.25, 0.3) is 0 Å². The fourth-order valence-electron chi connectivity index (χ4n) is 6.34. The standard InChI is InChI=1S/C43H50N8O6/c1-6-8-13-37-50-39-35(44)22-45-36-12-10-9-11-34(36)40(39)51(37)23-29-14-17-32(18-15-29)49-43(55)57-25-30-16-19-33(21-31(30)24-56-20-7-2)48-41(53)28(5)47-42(54)38(27(3)4)46-26-52/h2,9-12,14-19,21-22,26-28,38,45H,6,8,13,20,23-25,44H2,1,3-5H3,(H,46,52)(H,47,54)(H,48,53)(H,49,55)/t28-,38?/m0/s1. The highest BCUT2D eigenvalue weighted by molar-refractivity contribution is 5.98. The van der Waals surface area contributed by atoms with Gasteiger partial charge in [-0.15, -0.1) is 6.42 Å². The number of para-hydroxylation sites is 1. The number of carbonyl (C=O) groups excluding carboxylic acids is 4. The number of carbonyl (C=O) groups is 4. The first-order valence-corrected chi connectivity index (χ1v) is 18.9. The molecule has 1 aliphatic heterocycles. The smallest absolute Gasteiger partial charge is 0.411 e. The van der Waals surface area contributed by atoms with E-state index in [4.69, 9.17) is 26.6 Å². The lowest BCUT2D eigenvalue weighted by Gasteiger charge is -2.22.